The standard InChI is InChI=1S/C19H22N2O2/c1-20-17(16-5-3-2-4-6-16)19(18(20)22)8-10-21(11-9-19)13-15-7-12-23-14-15/h2-7,12,14,17H,8-11,13H2,1H3/t17-/m0/s1. The van der Waals surface area contributed by atoms with E-state index in [9.17, 15) is 4.79 Å². The molecule has 0 unspecified atom stereocenters. The van der Waals surface area contributed by atoms with Crippen LogP contribution in [-0.2, 0) is 11.3 Å². The Morgan fingerprint density at radius 3 is 2.57 bits per heavy atom. The van der Waals surface area contributed by atoms with E-state index >= 15 is 0 Å². The van der Waals surface area contributed by atoms with Crippen molar-refractivity contribution in [2.45, 2.75) is 25.4 Å². The highest BCUT2D eigenvalue weighted by atomic mass is 16.3. The van der Waals surface area contributed by atoms with Crippen LogP contribution < -0.4 is 0 Å². The zero-order chi connectivity index (χ0) is 15.9. The molecule has 23 heavy (non-hydrogen) atoms. The Hall–Kier alpha value is -2.07. The van der Waals surface area contributed by atoms with Gasteiger partial charge in [-0.1, -0.05) is 30.3 Å². The highest BCUT2D eigenvalue weighted by molar-refractivity contribution is 5.90. The second kappa shape index (κ2) is 5.53. The van der Waals surface area contributed by atoms with Gasteiger partial charge in [0.2, 0.25) is 5.91 Å². The number of β-lactam (4-membered cyclic amide) rings is 1. The predicted octanol–water partition coefficient (Wildman–Crippen LogP) is 3.08. The summed E-state index contributed by atoms with van der Waals surface area (Å²) in [6.45, 7) is 2.84. The minimum absolute atomic E-state index is 0.191. The molecule has 2 aromatic rings. The molecule has 0 bridgehead atoms. The second-order valence-corrected chi connectivity index (χ2v) is 6.79. The van der Waals surface area contributed by atoms with E-state index in [1.165, 1.54) is 11.1 Å². The van der Waals surface area contributed by atoms with Gasteiger partial charge < -0.3 is 9.32 Å². The highest BCUT2D eigenvalue weighted by Crippen LogP contribution is 2.55. The molecule has 1 aromatic heterocycles. The summed E-state index contributed by atoms with van der Waals surface area (Å²) in [6, 6.07) is 12.7. The van der Waals surface area contributed by atoms with Crippen molar-refractivity contribution in [2.75, 3.05) is 20.1 Å². The number of hydrogen-bond acceptors (Lipinski definition) is 3. The zero-order valence-corrected chi connectivity index (χ0v) is 13.4. The fourth-order valence-corrected chi connectivity index (χ4v) is 4.31. The molecule has 0 N–H and O–H groups in total. The van der Waals surface area contributed by atoms with E-state index in [-0.39, 0.29) is 11.5 Å². The van der Waals surface area contributed by atoms with Crippen molar-refractivity contribution in [3.63, 3.8) is 0 Å². The number of amides is 1. The molecule has 0 saturated carbocycles. The Morgan fingerprint density at radius 2 is 1.91 bits per heavy atom. The summed E-state index contributed by atoms with van der Waals surface area (Å²) in [5, 5.41) is 0. The van der Waals surface area contributed by atoms with Gasteiger partial charge in [0.15, 0.2) is 0 Å². The van der Waals surface area contributed by atoms with Crippen LogP contribution in [0.15, 0.2) is 53.3 Å². The zero-order valence-electron chi connectivity index (χ0n) is 13.4. The molecule has 0 radical (unpaired) electrons. The molecule has 1 aromatic carbocycles. The fourth-order valence-electron chi connectivity index (χ4n) is 4.31. The molecule has 2 fully saturated rings. The van der Waals surface area contributed by atoms with Crippen molar-refractivity contribution in [3.05, 3.63) is 60.1 Å². The van der Waals surface area contributed by atoms with Crippen molar-refractivity contribution in [1.29, 1.82) is 0 Å². The summed E-state index contributed by atoms with van der Waals surface area (Å²) in [7, 11) is 1.93. The molecule has 4 rings (SSSR count). The molecule has 2 aliphatic rings. The van der Waals surface area contributed by atoms with E-state index < -0.39 is 0 Å². The van der Waals surface area contributed by atoms with E-state index in [0.717, 1.165) is 32.5 Å². The van der Waals surface area contributed by atoms with Gasteiger partial charge in [-0.15, -0.1) is 0 Å². The Kier molecular flexibility index (Phi) is 3.49. The Labute approximate surface area is 136 Å². The van der Waals surface area contributed by atoms with Gasteiger partial charge >= 0.3 is 0 Å². The third-order valence-corrected chi connectivity index (χ3v) is 5.51. The number of nitrogens with zero attached hydrogens (tertiary/aromatic N) is 2. The summed E-state index contributed by atoms with van der Waals surface area (Å²) in [5.41, 5.74) is 2.28. The number of carbonyl (C=O) groups is 1. The number of furan rings is 1. The SMILES string of the molecule is CN1C(=O)C2(CCN(Cc3ccoc3)CC2)[C@@H]1c1ccccc1. The molecular formula is C19H22N2O2. The monoisotopic (exact) mass is 310 g/mol. The van der Waals surface area contributed by atoms with Gasteiger partial charge in [-0.05, 0) is 37.6 Å². The third kappa shape index (κ3) is 2.29. The van der Waals surface area contributed by atoms with Gasteiger partial charge in [-0.25, -0.2) is 0 Å². The topological polar surface area (TPSA) is 36.7 Å². The van der Waals surface area contributed by atoms with Crippen LogP contribution in [0, 0.1) is 5.41 Å². The smallest absolute Gasteiger partial charge is 0.231 e. The van der Waals surface area contributed by atoms with E-state index in [1.54, 1.807) is 12.5 Å². The van der Waals surface area contributed by atoms with Gasteiger partial charge in [-0.2, -0.15) is 0 Å². The van der Waals surface area contributed by atoms with Crippen molar-refractivity contribution < 1.29 is 9.21 Å². The molecule has 4 nitrogen and oxygen atoms in total. The molecule has 4 heteroatoms. The minimum Gasteiger partial charge on any atom is -0.472 e. The van der Waals surface area contributed by atoms with Gasteiger partial charge in [0.1, 0.15) is 0 Å². The van der Waals surface area contributed by atoms with Crippen molar-refractivity contribution in [1.82, 2.24) is 9.80 Å². The van der Waals surface area contributed by atoms with Gasteiger partial charge in [-0.3, -0.25) is 9.69 Å². The van der Waals surface area contributed by atoms with Crippen LogP contribution in [0.25, 0.3) is 0 Å². The summed E-state index contributed by atoms with van der Waals surface area (Å²) in [5.74, 6) is 0.314. The third-order valence-electron chi connectivity index (χ3n) is 5.51. The van der Waals surface area contributed by atoms with E-state index in [0.29, 0.717) is 5.91 Å². The average Bonchev–Trinajstić information content (AvgIpc) is 3.10. The number of piperidine rings is 1. The molecule has 0 aliphatic carbocycles. The molecular weight excluding hydrogens is 288 g/mol. The van der Waals surface area contributed by atoms with Crippen LogP contribution in [0.4, 0.5) is 0 Å². The maximum Gasteiger partial charge on any atom is 0.231 e. The highest BCUT2D eigenvalue weighted by Gasteiger charge is 2.59. The molecule has 1 spiro atoms. The summed E-state index contributed by atoms with van der Waals surface area (Å²) in [4.78, 5) is 17.0. The number of benzene rings is 1. The van der Waals surface area contributed by atoms with Crippen LogP contribution in [0.3, 0.4) is 0 Å². The van der Waals surface area contributed by atoms with Crippen LogP contribution in [-0.4, -0.2) is 35.8 Å². The number of carbonyl (C=O) groups excluding carboxylic acids is 1. The number of likely N-dealkylation sites (tertiary alicyclic amines) is 2. The van der Waals surface area contributed by atoms with E-state index in [1.807, 2.05) is 24.1 Å². The van der Waals surface area contributed by atoms with E-state index in [2.05, 4.69) is 29.2 Å². The van der Waals surface area contributed by atoms with Crippen LogP contribution >= 0.6 is 0 Å². The van der Waals surface area contributed by atoms with Gasteiger partial charge in [0, 0.05) is 19.2 Å². The maximum absolute atomic E-state index is 12.6. The Morgan fingerprint density at radius 1 is 1.17 bits per heavy atom. The first-order valence-electron chi connectivity index (χ1n) is 8.26. The first-order chi connectivity index (χ1) is 11.2. The largest absolute Gasteiger partial charge is 0.472 e. The lowest BCUT2D eigenvalue weighted by Crippen LogP contribution is -2.64. The molecule has 1 atom stereocenters. The number of rotatable bonds is 3. The van der Waals surface area contributed by atoms with E-state index in [4.69, 9.17) is 4.42 Å². The maximum atomic E-state index is 12.6. The van der Waals surface area contributed by atoms with Gasteiger partial charge in [0.25, 0.3) is 0 Å². The summed E-state index contributed by atoms with van der Waals surface area (Å²) >= 11 is 0. The normalized spacial score (nSPS) is 24.0. The molecule has 120 valence electrons. The minimum atomic E-state index is -0.191. The van der Waals surface area contributed by atoms with Crippen molar-refractivity contribution in [2.24, 2.45) is 5.41 Å². The Balaban J connectivity index is 1.49. The van der Waals surface area contributed by atoms with Gasteiger partial charge in [0.05, 0.1) is 24.0 Å². The van der Waals surface area contributed by atoms with Crippen molar-refractivity contribution in [3.8, 4) is 0 Å². The molecule has 2 aliphatic heterocycles. The Bertz CT molecular complexity index is 673. The second-order valence-electron chi connectivity index (χ2n) is 6.79. The van der Waals surface area contributed by atoms with Crippen LogP contribution in [0.2, 0.25) is 0 Å². The lowest BCUT2D eigenvalue weighted by molar-refractivity contribution is -0.176. The predicted molar refractivity (Wildman–Crippen MR) is 87.6 cm³/mol. The fraction of sp³-hybridized carbons (Fsp3) is 0.421. The van der Waals surface area contributed by atoms with Crippen LogP contribution in [0.5, 0.6) is 0 Å². The van der Waals surface area contributed by atoms with Crippen LogP contribution in [0.1, 0.15) is 30.0 Å². The molecule has 2 saturated heterocycles. The first kappa shape index (κ1) is 14.5. The summed E-state index contributed by atoms with van der Waals surface area (Å²) in [6.07, 6.45) is 5.40. The van der Waals surface area contributed by atoms with Crippen molar-refractivity contribution >= 4 is 5.91 Å². The summed E-state index contributed by atoms with van der Waals surface area (Å²) < 4.78 is 5.15. The lowest BCUT2D eigenvalue weighted by Gasteiger charge is -2.58. The average molecular weight is 310 g/mol. The lowest BCUT2D eigenvalue weighted by atomic mass is 9.62. The molecule has 1 amide bonds. The molecule has 3 heterocycles. The quantitative estimate of drug-likeness (QED) is 0.818. The first-order valence-corrected chi connectivity index (χ1v) is 8.26. The number of hydrogen-bond donors (Lipinski definition) is 0.